The van der Waals surface area contributed by atoms with E-state index in [1.807, 2.05) is 13.8 Å². The lowest BCUT2D eigenvalue weighted by molar-refractivity contribution is 0.401. The van der Waals surface area contributed by atoms with Crippen molar-refractivity contribution in [3.8, 4) is 5.75 Å². The van der Waals surface area contributed by atoms with Gasteiger partial charge in [-0.1, -0.05) is 20.3 Å². The number of benzene rings is 1. The third-order valence-electron chi connectivity index (χ3n) is 2.93. The van der Waals surface area contributed by atoms with Crippen LogP contribution in [-0.4, -0.2) is 21.6 Å². The van der Waals surface area contributed by atoms with Crippen LogP contribution in [-0.2, 0) is 10.0 Å². The van der Waals surface area contributed by atoms with Crippen LogP contribution in [0.15, 0.2) is 23.1 Å². The number of ether oxygens (including phenoxy) is 1. The van der Waals surface area contributed by atoms with Gasteiger partial charge in [-0.05, 0) is 31.0 Å². The van der Waals surface area contributed by atoms with Gasteiger partial charge in [-0.3, -0.25) is 0 Å². The second kappa shape index (κ2) is 6.77. The SMILES string of the molecule is CCCC(CC)NS(=O)(=O)c1cc(N)ccc1OC. The molecule has 0 spiro atoms. The van der Waals surface area contributed by atoms with E-state index in [1.54, 1.807) is 12.1 Å². The lowest BCUT2D eigenvalue weighted by Gasteiger charge is -2.17. The van der Waals surface area contributed by atoms with Gasteiger partial charge in [-0.25, -0.2) is 13.1 Å². The molecule has 3 N–H and O–H groups in total. The zero-order chi connectivity index (χ0) is 14.5. The van der Waals surface area contributed by atoms with Crippen molar-refractivity contribution < 1.29 is 13.2 Å². The molecule has 5 nitrogen and oxygen atoms in total. The average molecular weight is 286 g/mol. The zero-order valence-corrected chi connectivity index (χ0v) is 12.5. The van der Waals surface area contributed by atoms with Crippen molar-refractivity contribution >= 4 is 15.7 Å². The van der Waals surface area contributed by atoms with E-state index in [2.05, 4.69) is 4.72 Å². The lowest BCUT2D eigenvalue weighted by atomic mass is 10.1. The Bertz CT molecular complexity index is 515. The van der Waals surface area contributed by atoms with Gasteiger partial charge in [0.2, 0.25) is 10.0 Å². The predicted octanol–water partition coefficient (Wildman–Crippen LogP) is 2.13. The molecular weight excluding hydrogens is 264 g/mol. The number of nitrogens with two attached hydrogens (primary N) is 1. The molecular formula is C13H22N2O3S. The Hall–Kier alpha value is -1.27. The highest BCUT2D eigenvalue weighted by Crippen LogP contribution is 2.26. The smallest absolute Gasteiger partial charge is 0.244 e. The summed E-state index contributed by atoms with van der Waals surface area (Å²) in [6.45, 7) is 3.98. The lowest BCUT2D eigenvalue weighted by Crippen LogP contribution is -2.34. The van der Waals surface area contributed by atoms with Crippen LogP contribution in [0.4, 0.5) is 5.69 Å². The highest BCUT2D eigenvalue weighted by Gasteiger charge is 2.22. The van der Waals surface area contributed by atoms with Crippen LogP contribution in [0.3, 0.4) is 0 Å². The van der Waals surface area contributed by atoms with Gasteiger partial charge in [-0.15, -0.1) is 0 Å². The topological polar surface area (TPSA) is 81.4 Å². The van der Waals surface area contributed by atoms with Crippen molar-refractivity contribution in [2.75, 3.05) is 12.8 Å². The van der Waals surface area contributed by atoms with Crippen molar-refractivity contribution in [1.82, 2.24) is 4.72 Å². The number of hydrogen-bond donors (Lipinski definition) is 2. The second-order valence-corrected chi connectivity index (χ2v) is 6.11. The van der Waals surface area contributed by atoms with Gasteiger partial charge < -0.3 is 10.5 Å². The number of methoxy groups -OCH3 is 1. The maximum absolute atomic E-state index is 12.4. The molecule has 0 amide bonds. The summed E-state index contributed by atoms with van der Waals surface area (Å²) in [7, 11) is -2.18. The molecule has 0 aromatic heterocycles. The van der Waals surface area contributed by atoms with E-state index >= 15 is 0 Å². The quantitative estimate of drug-likeness (QED) is 0.752. The van der Waals surface area contributed by atoms with Crippen molar-refractivity contribution in [3.05, 3.63) is 18.2 Å². The minimum atomic E-state index is -3.61. The van der Waals surface area contributed by atoms with Crippen LogP contribution >= 0.6 is 0 Å². The van der Waals surface area contributed by atoms with Crippen LogP contribution in [0.2, 0.25) is 0 Å². The highest BCUT2D eigenvalue weighted by molar-refractivity contribution is 7.89. The molecule has 0 heterocycles. The van der Waals surface area contributed by atoms with Crippen LogP contribution in [0.1, 0.15) is 33.1 Å². The molecule has 0 fully saturated rings. The minimum Gasteiger partial charge on any atom is -0.495 e. The molecule has 1 aromatic rings. The van der Waals surface area contributed by atoms with Crippen LogP contribution < -0.4 is 15.2 Å². The third-order valence-corrected chi connectivity index (χ3v) is 4.47. The van der Waals surface area contributed by atoms with E-state index in [9.17, 15) is 8.42 Å². The summed E-state index contributed by atoms with van der Waals surface area (Å²) in [4.78, 5) is 0.0875. The Balaban J connectivity index is 3.09. The average Bonchev–Trinajstić information content (AvgIpc) is 2.38. The molecule has 0 aliphatic carbocycles. The van der Waals surface area contributed by atoms with Gasteiger partial charge in [0, 0.05) is 11.7 Å². The number of nitrogens with one attached hydrogen (secondary N) is 1. The van der Waals surface area contributed by atoms with E-state index in [0.29, 0.717) is 11.4 Å². The zero-order valence-electron chi connectivity index (χ0n) is 11.6. The van der Waals surface area contributed by atoms with Crippen LogP contribution in [0.25, 0.3) is 0 Å². The first-order chi connectivity index (χ1) is 8.94. The first kappa shape index (κ1) is 15.8. The molecule has 1 rings (SSSR count). The molecule has 0 saturated carbocycles. The minimum absolute atomic E-state index is 0.0684. The summed E-state index contributed by atoms with van der Waals surface area (Å²) in [5, 5.41) is 0. The fourth-order valence-electron chi connectivity index (χ4n) is 1.88. The fourth-order valence-corrected chi connectivity index (χ4v) is 3.44. The second-order valence-electron chi connectivity index (χ2n) is 4.43. The number of rotatable bonds is 7. The monoisotopic (exact) mass is 286 g/mol. The Kier molecular flexibility index (Phi) is 5.62. The first-order valence-corrected chi connectivity index (χ1v) is 7.88. The largest absolute Gasteiger partial charge is 0.495 e. The number of sulfonamides is 1. The highest BCUT2D eigenvalue weighted by atomic mass is 32.2. The summed E-state index contributed by atoms with van der Waals surface area (Å²) in [6, 6.07) is 4.52. The van der Waals surface area contributed by atoms with E-state index in [1.165, 1.54) is 13.2 Å². The summed E-state index contributed by atoms with van der Waals surface area (Å²) in [5.41, 5.74) is 6.05. The van der Waals surface area contributed by atoms with E-state index in [4.69, 9.17) is 10.5 Å². The third kappa shape index (κ3) is 4.11. The summed E-state index contributed by atoms with van der Waals surface area (Å²) >= 11 is 0. The van der Waals surface area contributed by atoms with Gasteiger partial charge in [0.25, 0.3) is 0 Å². The molecule has 1 atom stereocenters. The van der Waals surface area contributed by atoms with Gasteiger partial charge in [-0.2, -0.15) is 0 Å². The van der Waals surface area contributed by atoms with Gasteiger partial charge in [0.1, 0.15) is 10.6 Å². The molecule has 0 bridgehead atoms. The van der Waals surface area contributed by atoms with E-state index in [0.717, 1.165) is 19.3 Å². The maximum atomic E-state index is 12.4. The Morgan fingerprint density at radius 2 is 2.05 bits per heavy atom. The van der Waals surface area contributed by atoms with Crippen LogP contribution in [0, 0.1) is 0 Å². The summed E-state index contributed by atoms with van der Waals surface area (Å²) in [6.07, 6.45) is 2.48. The van der Waals surface area contributed by atoms with Gasteiger partial charge in [0.15, 0.2) is 0 Å². The Morgan fingerprint density at radius 3 is 2.58 bits per heavy atom. The molecule has 0 aliphatic heterocycles. The molecule has 0 aliphatic rings. The molecule has 0 radical (unpaired) electrons. The Morgan fingerprint density at radius 1 is 1.37 bits per heavy atom. The molecule has 0 saturated heterocycles. The summed E-state index contributed by atoms with van der Waals surface area (Å²) < 4.78 is 32.5. The van der Waals surface area contributed by atoms with Gasteiger partial charge in [0.05, 0.1) is 7.11 Å². The molecule has 19 heavy (non-hydrogen) atoms. The van der Waals surface area contributed by atoms with Crippen molar-refractivity contribution in [2.24, 2.45) is 0 Å². The molecule has 6 heteroatoms. The van der Waals surface area contributed by atoms with E-state index in [-0.39, 0.29) is 10.9 Å². The number of nitrogen functional groups attached to an aromatic ring is 1. The molecule has 1 unspecified atom stereocenters. The standard InChI is InChI=1S/C13H22N2O3S/c1-4-6-11(5-2)15-19(16,17)13-9-10(14)7-8-12(13)18-3/h7-9,11,15H,4-6,14H2,1-3H3. The molecule has 1 aromatic carbocycles. The Labute approximate surface area is 115 Å². The van der Waals surface area contributed by atoms with Crippen molar-refractivity contribution in [1.29, 1.82) is 0 Å². The van der Waals surface area contributed by atoms with Gasteiger partial charge >= 0.3 is 0 Å². The normalized spacial score (nSPS) is 13.2. The summed E-state index contributed by atoms with van der Waals surface area (Å²) in [5.74, 6) is 0.299. The van der Waals surface area contributed by atoms with Crippen molar-refractivity contribution in [2.45, 2.75) is 44.0 Å². The van der Waals surface area contributed by atoms with E-state index < -0.39 is 10.0 Å². The van der Waals surface area contributed by atoms with Crippen molar-refractivity contribution in [3.63, 3.8) is 0 Å². The van der Waals surface area contributed by atoms with Crippen LogP contribution in [0.5, 0.6) is 5.75 Å². The molecule has 108 valence electrons. The number of hydrogen-bond acceptors (Lipinski definition) is 4. The maximum Gasteiger partial charge on any atom is 0.244 e. The predicted molar refractivity (Wildman–Crippen MR) is 76.7 cm³/mol. The number of anilines is 1. The first-order valence-electron chi connectivity index (χ1n) is 6.40. The fraction of sp³-hybridized carbons (Fsp3) is 0.538.